The second kappa shape index (κ2) is 46.0. The molecule has 0 aromatic rings. The fourth-order valence-corrected chi connectivity index (χ4v) is 15.9. The molecule has 8 fully saturated rings. The molecule has 8 aliphatic rings. The number of ether oxygens (including phenoxy) is 15. The Morgan fingerprint density at radius 1 is 0.352 bits per heavy atom. The standard InChI is InChI=1S/C69H112N6O53/c1-18(86)70-38-47(103)43(99)26(9-78)116-60(38)121-52-30(13-82)118-61(40(72-20(3)88)57(52)128-69(66(112)113)6-23(91)36(74-33(95)15-84)55(127-69)42(98)25(93)8-77)123-58-44(100)27(10-79)117-63(50(58)106)120-51-29(12-81)119-62(49(105)48(51)104)122-53-39(71-19(2)87)59(107)115-31(46(53)102)17-114-67(64(108)109)4-21(89)37(75-34(96)16-85)56(125-67)45(101)28(11-80)124-68(65(110)111)5-22(90)35(73-32(94)14-83)54(126-68)41(97)24(92)7-76/h21-31,35-63,76-85,89-93,97-107H,4-17H2,1-3H3,(H,70,86)(H,71,87)(H,72,88)(H,73,94)(H,74,95)(H,75,96)(H,108,109)(H,110,111)(H,112,113)/t21-,22-,23-,24+,25+,26+,27+,28+,29+,30+,31+,35+,36+,37+,38+,39+,40+,41+,42+,43-,44-,45+,46-,47+,48+,49+,50+,51-,52-,53+,54+,55+,56+,57+,58-,59-,60-,61-,62-,63-,67+,68+,69-/m0/s1. The van der Waals surface area contributed by atoms with Crippen molar-refractivity contribution in [1.29, 1.82) is 0 Å². The van der Waals surface area contributed by atoms with Gasteiger partial charge >= 0.3 is 17.9 Å². The molecule has 0 saturated carbocycles. The summed E-state index contributed by atoms with van der Waals surface area (Å²) in [6, 6.07) is -12.5. The number of carbonyl (C=O) groups excluding carboxylic acids is 6. The molecule has 59 heteroatoms. The van der Waals surface area contributed by atoms with Gasteiger partial charge in [0.2, 0.25) is 35.4 Å². The van der Waals surface area contributed by atoms with Crippen LogP contribution in [0.2, 0.25) is 0 Å². The van der Waals surface area contributed by atoms with Gasteiger partial charge in [-0.15, -0.1) is 0 Å². The molecular weight excluding hydrogens is 1760 g/mol. The fraction of sp³-hybridized carbons (Fsp3) is 0.870. The van der Waals surface area contributed by atoms with E-state index in [0.29, 0.717) is 0 Å². The van der Waals surface area contributed by atoms with Gasteiger partial charge in [-0.2, -0.15) is 0 Å². The number of aliphatic carboxylic acids is 3. The first-order valence-corrected chi connectivity index (χ1v) is 39.5. The number of amides is 6. The lowest BCUT2D eigenvalue weighted by atomic mass is 9.87. The molecule has 8 heterocycles. The molecular formula is C69H112N6O53. The molecule has 6 amide bonds. The van der Waals surface area contributed by atoms with Crippen molar-refractivity contribution in [3.63, 3.8) is 0 Å². The van der Waals surface area contributed by atoms with Crippen molar-refractivity contribution in [2.75, 3.05) is 72.7 Å². The van der Waals surface area contributed by atoms with Gasteiger partial charge in [0.05, 0.1) is 89.3 Å². The number of aliphatic hydroxyl groups excluding tert-OH is 26. The SMILES string of the molecule is CC(=O)N[C@@H]1[C@@H](O[C@@H]2O[C@H](CO)[C@H](O[C@@H]3O[C@H](CO)[C@H](O)[C@H](O[C@@H]4O[C@H](CO)[C@H](O[C@@H]5O[C@H](CO)[C@H](O)[C@H](O)[C@H]5NC(C)=O)[C@H](O[C@]5(C(=O)O)C[C@H](O)[C@@H](NC(=O)CO)[C@H]([C@H](O)[C@H](O)CO)O5)[C@H]4NC(C)=O)[C@H]3O)[C@H](O)[C@H]2O)[C@@H](O)[C@@H](CO[C@]2(C(=O)O)C[C@H](O)[C@@H](NC(=O)CO)[C@H]([C@H](O)[C@@H](CO)O[C@]3(C(=O)O)C[C@H](O)[C@@H](NC(=O)CO)[C@H]([C@H](O)[C@H](O)CO)O3)O2)O[C@@H]1O. The zero-order valence-electron chi connectivity index (χ0n) is 67.8. The predicted molar refractivity (Wildman–Crippen MR) is 390 cm³/mol. The molecule has 8 saturated heterocycles. The predicted octanol–water partition coefficient (Wildman–Crippen LogP) is -23.1. The Hall–Kier alpha value is -6.41. The van der Waals surface area contributed by atoms with Crippen LogP contribution in [-0.2, 0) is 114 Å². The lowest BCUT2D eigenvalue weighted by molar-refractivity contribution is -0.395. The van der Waals surface area contributed by atoms with Crippen LogP contribution in [0, 0.1) is 0 Å². The van der Waals surface area contributed by atoms with Crippen molar-refractivity contribution in [3.05, 3.63) is 0 Å². The zero-order valence-corrected chi connectivity index (χ0v) is 67.8. The lowest BCUT2D eigenvalue weighted by Crippen LogP contribution is -2.74. The highest BCUT2D eigenvalue weighted by Gasteiger charge is 2.66. The number of carboxylic acid groups (broad SMARTS) is 3. The van der Waals surface area contributed by atoms with Gasteiger partial charge in [0.1, 0.15) is 197 Å². The van der Waals surface area contributed by atoms with Gasteiger partial charge in [0, 0.05) is 40.0 Å². The van der Waals surface area contributed by atoms with Crippen LogP contribution in [0.4, 0.5) is 0 Å². The number of hydrogen-bond donors (Lipinski definition) is 35. The van der Waals surface area contributed by atoms with E-state index in [4.69, 9.17) is 71.1 Å². The second-order valence-electron chi connectivity index (χ2n) is 31.2. The average molecular weight is 1870 g/mol. The summed E-state index contributed by atoms with van der Waals surface area (Å²) in [5, 5.41) is 332. The number of carbonyl (C=O) groups is 9. The van der Waals surface area contributed by atoms with Gasteiger partial charge in [-0.05, 0) is 0 Å². The topological polar surface area (TPSA) is 951 Å². The summed E-state index contributed by atoms with van der Waals surface area (Å²) in [5.74, 6) is -24.5. The Morgan fingerprint density at radius 2 is 0.727 bits per heavy atom. The van der Waals surface area contributed by atoms with Crippen LogP contribution >= 0.6 is 0 Å². The van der Waals surface area contributed by atoms with Gasteiger partial charge in [-0.25, -0.2) is 14.4 Å². The summed E-state index contributed by atoms with van der Waals surface area (Å²) in [6.45, 7) is -12.3. The van der Waals surface area contributed by atoms with Crippen molar-refractivity contribution in [3.8, 4) is 0 Å². The fourth-order valence-electron chi connectivity index (χ4n) is 15.9. The molecule has 8 aliphatic heterocycles. The zero-order chi connectivity index (χ0) is 95.5. The molecule has 0 aliphatic carbocycles. The quantitative estimate of drug-likeness (QED) is 0.0271. The molecule has 8 rings (SSSR count). The van der Waals surface area contributed by atoms with E-state index in [1.165, 1.54) is 0 Å². The van der Waals surface area contributed by atoms with E-state index in [-0.39, 0.29) is 0 Å². The highest BCUT2D eigenvalue weighted by molar-refractivity contribution is 5.80. The van der Waals surface area contributed by atoms with E-state index >= 15 is 0 Å². The molecule has 43 atom stereocenters. The van der Waals surface area contributed by atoms with Crippen molar-refractivity contribution in [1.82, 2.24) is 31.9 Å². The Labute approximate surface area is 720 Å². The first-order chi connectivity index (χ1) is 60.2. The van der Waals surface area contributed by atoms with E-state index < -0.39 is 407 Å². The molecule has 35 N–H and O–H groups in total. The maximum absolute atomic E-state index is 13.9. The minimum atomic E-state index is -3.56. The largest absolute Gasteiger partial charge is 0.477 e. The first-order valence-electron chi connectivity index (χ1n) is 39.5. The highest BCUT2D eigenvalue weighted by Crippen LogP contribution is 2.44. The molecule has 0 spiro atoms. The Kier molecular flexibility index (Phi) is 38.4. The summed E-state index contributed by atoms with van der Waals surface area (Å²) < 4.78 is 87.8. The molecule has 736 valence electrons. The Bertz CT molecular complexity index is 3670. The summed E-state index contributed by atoms with van der Waals surface area (Å²) in [4.78, 5) is 117. The minimum Gasteiger partial charge on any atom is -0.477 e. The van der Waals surface area contributed by atoms with Crippen LogP contribution in [0.5, 0.6) is 0 Å². The van der Waals surface area contributed by atoms with E-state index in [2.05, 4.69) is 21.3 Å². The average Bonchev–Trinajstić information content (AvgIpc) is 0.748. The van der Waals surface area contributed by atoms with Crippen molar-refractivity contribution in [2.24, 2.45) is 0 Å². The molecule has 0 aromatic carbocycles. The van der Waals surface area contributed by atoms with Crippen molar-refractivity contribution >= 4 is 53.4 Å². The lowest BCUT2D eigenvalue weighted by Gasteiger charge is -2.53. The number of rotatable bonds is 40. The summed E-state index contributed by atoms with van der Waals surface area (Å²) in [5.41, 5.74) is 0. The van der Waals surface area contributed by atoms with Gasteiger partial charge in [-0.3, -0.25) is 28.8 Å². The Balaban J connectivity index is 1.07. The van der Waals surface area contributed by atoms with Crippen LogP contribution in [0.25, 0.3) is 0 Å². The normalized spacial score (nSPS) is 42.0. The molecule has 0 radical (unpaired) electrons. The minimum absolute atomic E-state index is 0.793. The van der Waals surface area contributed by atoms with E-state index in [1.54, 1.807) is 0 Å². The molecule has 0 bridgehead atoms. The summed E-state index contributed by atoms with van der Waals surface area (Å²) in [6.07, 6.45) is -84.5. The van der Waals surface area contributed by atoms with Gasteiger partial charge < -0.3 is 251 Å². The number of carboxylic acids is 3. The van der Waals surface area contributed by atoms with Gasteiger partial charge in [-0.1, -0.05) is 0 Å². The van der Waals surface area contributed by atoms with Crippen LogP contribution in [-0.4, -0.2) is 536 Å². The number of hydrogen-bond acceptors (Lipinski definition) is 50. The van der Waals surface area contributed by atoms with Crippen molar-refractivity contribution < 1.29 is 262 Å². The van der Waals surface area contributed by atoms with Gasteiger partial charge in [0.25, 0.3) is 17.4 Å². The molecule has 59 nitrogen and oxygen atoms in total. The molecule has 128 heavy (non-hydrogen) atoms. The van der Waals surface area contributed by atoms with Crippen LogP contribution in [0.15, 0.2) is 0 Å². The third-order valence-electron chi connectivity index (χ3n) is 22.3. The van der Waals surface area contributed by atoms with Crippen LogP contribution < -0.4 is 31.9 Å². The second-order valence-corrected chi connectivity index (χ2v) is 31.2. The monoisotopic (exact) mass is 1870 g/mol. The maximum Gasteiger partial charge on any atom is 0.364 e. The van der Waals surface area contributed by atoms with Crippen LogP contribution in [0.1, 0.15) is 40.0 Å². The molecule has 0 unspecified atom stereocenters. The highest BCUT2D eigenvalue weighted by atomic mass is 16.8. The van der Waals surface area contributed by atoms with Gasteiger partial charge in [0.15, 0.2) is 31.5 Å². The summed E-state index contributed by atoms with van der Waals surface area (Å²) in [7, 11) is 0. The maximum atomic E-state index is 13.9. The van der Waals surface area contributed by atoms with E-state index in [9.17, 15) is 191 Å². The summed E-state index contributed by atoms with van der Waals surface area (Å²) >= 11 is 0. The smallest absolute Gasteiger partial charge is 0.364 e. The molecule has 0 aromatic heterocycles. The third kappa shape index (κ3) is 23.8. The number of nitrogens with one attached hydrogen (secondary N) is 6. The third-order valence-corrected chi connectivity index (χ3v) is 22.3. The Morgan fingerprint density at radius 3 is 1.20 bits per heavy atom. The van der Waals surface area contributed by atoms with E-state index in [1.807, 2.05) is 10.6 Å². The number of aliphatic hydroxyl groups is 26. The van der Waals surface area contributed by atoms with Crippen molar-refractivity contribution in [2.45, 2.75) is 302 Å². The first kappa shape index (κ1) is 107. The van der Waals surface area contributed by atoms with E-state index in [0.717, 1.165) is 20.8 Å². The van der Waals surface area contributed by atoms with Crippen LogP contribution in [0.3, 0.4) is 0 Å².